The van der Waals surface area contributed by atoms with E-state index in [1.54, 1.807) is 36.0 Å². The normalized spacial score (nSPS) is 10.8. The van der Waals surface area contributed by atoms with E-state index in [0.29, 0.717) is 10.9 Å². The van der Waals surface area contributed by atoms with E-state index in [4.69, 9.17) is 0 Å². The van der Waals surface area contributed by atoms with Crippen LogP contribution in [0.25, 0.3) is 11.0 Å². The highest BCUT2D eigenvalue weighted by Gasteiger charge is 2.09. The second kappa shape index (κ2) is 7.35. The summed E-state index contributed by atoms with van der Waals surface area (Å²) in [6, 6.07) is 10.5. The summed E-state index contributed by atoms with van der Waals surface area (Å²) < 4.78 is 1.06. The Balaban J connectivity index is 1.74. The Morgan fingerprint density at radius 1 is 1.28 bits per heavy atom. The molecule has 2 aromatic heterocycles. The fourth-order valence-corrected chi connectivity index (χ4v) is 2.89. The second-order valence-corrected chi connectivity index (χ2v) is 6.15. The molecule has 3 aromatic rings. The first-order valence-corrected chi connectivity index (χ1v) is 8.82. The molecule has 2 heterocycles. The van der Waals surface area contributed by atoms with Gasteiger partial charge in [0, 0.05) is 29.7 Å². The Labute approximate surface area is 147 Å². The van der Waals surface area contributed by atoms with Crippen LogP contribution in [0, 0.1) is 0 Å². The first kappa shape index (κ1) is 17.0. The Morgan fingerprint density at radius 2 is 2.12 bits per heavy atom. The number of fused-ring (bicyclic) bond motifs is 1. The van der Waals surface area contributed by atoms with Gasteiger partial charge < -0.3 is 5.32 Å². The third-order valence-corrected chi connectivity index (χ3v) is 4.43. The van der Waals surface area contributed by atoms with E-state index in [-0.39, 0.29) is 24.6 Å². The van der Waals surface area contributed by atoms with Crippen molar-refractivity contribution in [2.24, 2.45) is 0 Å². The Morgan fingerprint density at radius 3 is 2.92 bits per heavy atom. The van der Waals surface area contributed by atoms with E-state index >= 15 is 0 Å². The molecule has 0 fully saturated rings. The molecule has 0 saturated heterocycles. The van der Waals surface area contributed by atoms with Crippen LogP contribution in [0.5, 0.6) is 0 Å². The molecule has 0 atom stereocenters. The summed E-state index contributed by atoms with van der Waals surface area (Å²) in [6.45, 7) is 0.240. The van der Waals surface area contributed by atoms with Crippen LogP contribution < -0.4 is 16.6 Å². The van der Waals surface area contributed by atoms with Gasteiger partial charge >= 0.3 is 5.69 Å². The molecule has 0 saturated carbocycles. The summed E-state index contributed by atoms with van der Waals surface area (Å²) in [5.41, 5.74) is -0.178. The number of pyridine rings is 1. The van der Waals surface area contributed by atoms with Gasteiger partial charge in [0.25, 0.3) is 11.5 Å². The second-order valence-electron chi connectivity index (χ2n) is 5.27. The predicted octanol–water partition coefficient (Wildman–Crippen LogP) is 1.24. The third-order valence-electron chi connectivity index (χ3n) is 3.71. The predicted molar refractivity (Wildman–Crippen MR) is 97.2 cm³/mol. The minimum atomic E-state index is -0.546. The van der Waals surface area contributed by atoms with Crippen molar-refractivity contribution in [1.82, 2.24) is 19.9 Å². The lowest BCUT2D eigenvalue weighted by molar-refractivity contribution is 0.0952. The summed E-state index contributed by atoms with van der Waals surface area (Å²) >= 11 is 1.55. The van der Waals surface area contributed by atoms with Gasteiger partial charge in [-0.1, -0.05) is 6.07 Å². The SMILES string of the molecule is CSc1cccc(C(=O)NCCn2c(=O)[nH]c3ncccc3c2=O)c1. The molecule has 0 spiro atoms. The summed E-state index contributed by atoms with van der Waals surface area (Å²) in [6.07, 6.45) is 3.44. The van der Waals surface area contributed by atoms with Crippen LogP contribution in [0.3, 0.4) is 0 Å². The molecule has 0 radical (unpaired) electrons. The number of rotatable bonds is 5. The van der Waals surface area contributed by atoms with Gasteiger partial charge in [0.15, 0.2) is 0 Å². The number of H-pyrrole nitrogens is 1. The van der Waals surface area contributed by atoms with Gasteiger partial charge in [-0.25, -0.2) is 9.78 Å². The molecular formula is C17H16N4O3S. The van der Waals surface area contributed by atoms with E-state index < -0.39 is 11.2 Å². The quantitative estimate of drug-likeness (QED) is 0.671. The van der Waals surface area contributed by atoms with Crippen LogP contribution in [-0.4, -0.2) is 33.2 Å². The highest BCUT2D eigenvalue weighted by molar-refractivity contribution is 7.98. The average Bonchev–Trinajstić information content (AvgIpc) is 2.64. The van der Waals surface area contributed by atoms with E-state index in [1.807, 2.05) is 18.4 Å². The topological polar surface area (TPSA) is 96.8 Å². The van der Waals surface area contributed by atoms with Crippen LogP contribution in [0.15, 0.2) is 57.1 Å². The first-order valence-electron chi connectivity index (χ1n) is 7.60. The van der Waals surface area contributed by atoms with Crippen molar-refractivity contribution >= 4 is 28.7 Å². The molecular weight excluding hydrogens is 340 g/mol. The molecule has 1 amide bonds. The zero-order valence-corrected chi connectivity index (χ0v) is 14.3. The molecule has 0 bridgehead atoms. The van der Waals surface area contributed by atoms with Gasteiger partial charge in [0.05, 0.1) is 5.39 Å². The van der Waals surface area contributed by atoms with Crippen LogP contribution in [0.1, 0.15) is 10.4 Å². The maximum absolute atomic E-state index is 12.4. The number of aromatic amines is 1. The van der Waals surface area contributed by atoms with Crippen molar-refractivity contribution in [2.75, 3.05) is 12.8 Å². The number of carbonyl (C=O) groups excluding carboxylic acids is 1. The molecule has 25 heavy (non-hydrogen) atoms. The number of hydrogen-bond donors (Lipinski definition) is 2. The standard InChI is InChI=1S/C17H16N4O3S/c1-25-12-5-2-4-11(10-12)15(22)19-8-9-21-16(23)13-6-3-7-18-14(13)20-17(21)24/h2-7,10H,8-9H2,1H3,(H,19,22)(H,18,20,24). The Hall–Kier alpha value is -2.87. The third kappa shape index (κ3) is 3.63. The van der Waals surface area contributed by atoms with E-state index in [2.05, 4.69) is 15.3 Å². The minimum absolute atomic E-state index is 0.0763. The number of amides is 1. The summed E-state index contributed by atoms with van der Waals surface area (Å²) in [4.78, 5) is 44.1. The zero-order chi connectivity index (χ0) is 17.8. The number of nitrogens with one attached hydrogen (secondary N) is 2. The van der Waals surface area contributed by atoms with Crippen molar-refractivity contribution in [3.05, 3.63) is 69.0 Å². The molecule has 3 rings (SSSR count). The van der Waals surface area contributed by atoms with Crippen molar-refractivity contribution in [1.29, 1.82) is 0 Å². The Kier molecular flexibility index (Phi) is 4.99. The fourth-order valence-electron chi connectivity index (χ4n) is 2.43. The van der Waals surface area contributed by atoms with Crippen LogP contribution in [-0.2, 0) is 6.54 Å². The lowest BCUT2D eigenvalue weighted by Gasteiger charge is -2.08. The number of thioether (sulfide) groups is 1. The van der Waals surface area contributed by atoms with Gasteiger partial charge in [-0.2, -0.15) is 0 Å². The lowest BCUT2D eigenvalue weighted by Crippen LogP contribution is -2.39. The molecule has 128 valence electrons. The lowest BCUT2D eigenvalue weighted by atomic mass is 10.2. The van der Waals surface area contributed by atoms with Crippen LogP contribution in [0.4, 0.5) is 0 Å². The van der Waals surface area contributed by atoms with Crippen molar-refractivity contribution in [2.45, 2.75) is 11.4 Å². The molecule has 1 aromatic carbocycles. The van der Waals surface area contributed by atoms with E-state index in [1.165, 1.54) is 6.20 Å². The van der Waals surface area contributed by atoms with Gasteiger partial charge in [0.1, 0.15) is 5.65 Å². The van der Waals surface area contributed by atoms with Gasteiger partial charge in [-0.15, -0.1) is 11.8 Å². The molecule has 2 N–H and O–H groups in total. The molecule has 0 aliphatic rings. The zero-order valence-electron chi connectivity index (χ0n) is 13.5. The Bertz CT molecular complexity index is 1040. The maximum Gasteiger partial charge on any atom is 0.330 e. The van der Waals surface area contributed by atoms with Gasteiger partial charge in [-0.05, 0) is 36.6 Å². The van der Waals surface area contributed by atoms with E-state index in [0.717, 1.165) is 9.46 Å². The number of benzene rings is 1. The van der Waals surface area contributed by atoms with Crippen molar-refractivity contribution in [3.8, 4) is 0 Å². The number of hydrogen-bond acceptors (Lipinski definition) is 5. The molecule has 8 heteroatoms. The largest absolute Gasteiger partial charge is 0.350 e. The summed E-state index contributed by atoms with van der Waals surface area (Å²) in [5, 5.41) is 3.06. The molecule has 0 aliphatic heterocycles. The summed E-state index contributed by atoms with van der Waals surface area (Å²) in [7, 11) is 0. The van der Waals surface area contributed by atoms with Gasteiger partial charge in [0.2, 0.25) is 0 Å². The number of carbonyl (C=O) groups is 1. The highest BCUT2D eigenvalue weighted by atomic mass is 32.2. The van der Waals surface area contributed by atoms with Crippen molar-refractivity contribution in [3.63, 3.8) is 0 Å². The van der Waals surface area contributed by atoms with E-state index in [9.17, 15) is 14.4 Å². The first-order chi connectivity index (χ1) is 12.1. The summed E-state index contributed by atoms with van der Waals surface area (Å²) in [5.74, 6) is -0.247. The van der Waals surface area contributed by atoms with Gasteiger partial charge in [-0.3, -0.25) is 19.1 Å². The highest BCUT2D eigenvalue weighted by Crippen LogP contribution is 2.15. The monoisotopic (exact) mass is 356 g/mol. The minimum Gasteiger partial charge on any atom is -0.350 e. The molecule has 0 aliphatic carbocycles. The molecule has 7 nitrogen and oxygen atoms in total. The number of nitrogens with zero attached hydrogens (tertiary/aromatic N) is 2. The number of aromatic nitrogens is 3. The average molecular weight is 356 g/mol. The molecule has 0 unspecified atom stereocenters. The maximum atomic E-state index is 12.4. The van der Waals surface area contributed by atoms with Crippen LogP contribution in [0.2, 0.25) is 0 Å². The smallest absolute Gasteiger partial charge is 0.330 e. The van der Waals surface area contributed by atoms with Crippen molar-refractivity contribution < 1.29 is 4.79 Å². The van der Waals surface area contributed by atoms with Crippen LogP contribution >= 0.6 is 11.8 Å². The fraction of sp³-hybridized carbons (Fsp3) is 0.176.